The highest BCUT2D eigenvalue weighted by molar-refractivity contribution is 9.10. The molecule has 2 N–H and O–H groups in total. The van der Waals surface area contributed by atoms with Crippen LogP contribution in [0.2, 0.25) is 0 Å². The Morgan fingerprint density at radius 1 is 1.39 bits per heavy atom. The number of hydrogen-bond donors (Lipinski definition) is 2. The summed E-state index contributed by atoms with van der Waals surface area (Å²) >= 11 is 4.64. The van der Waals surface area contributed by atoms with Gasteiger partial charge in [0.25, 0.3) is 5.92 Å². The number of esters is 1. The molecule has 1 aromatic heterocycles. The zero-order valence-electron chi connectivity index (χ0n) is 19.4. The predicted octanol–water partition coefficient (Wildman–Crippen LogP) is 3.41. The minimum atomic E-state index is -3.08. The number of ether oxygens (including phenoxy) is 1. The van der Waals surface area contributed by atoms with Crippen molar-refractivity contribution in [3.05, 3.63) is 61.9 Å². The first-order valence-electron chi connectivity index (χ1n) is 11.1. The molecule has 2 aliphatic rings. The number of nitrogens with one attached hydrogen (secondary N) is 2. The van der Waals surface area contributed by atoms with E-state index in [1.165, 1.54) is 41.5 Å². The maximum absolute atomic E-state index is 14.4. The van der Waals surface area contributed by atoms with Gasteiger partial charge in [-0.3, -0.25) is 14.7 Å². The Balaban J connectivity index is 1.84. The van der Waals surface area contributed by atoms with Crippen LogP contribution in [0.1, 0.15) is 30.0 Å². The van der Waals surface area contributed by atoms with Gasteiger partial charge in [0.15, 0.2) is 10.8 Å². The lowest BCUT2D eigenvalue weighted by Crippen LogP contribution is -2.46. The number of likely N-dealkylation sites (N-methyl/N-ethyl adjacent to an activating group) is 1. The molecule has 13 heteroatoms. The summed E-state index contributed by atoms with van der Waals surface area (Å²) in [4.78, 5) is 35.9. The van der Waals surface area contributed by atoms with Crippen molar-refractivity contribution in [2.75, 3.05) is 26.7 Å². The summed E-state index contributed by atoms with van der Waals surface area (Å²) in [5, 5.41) is 7.76. The van der Waals surface area contributed by atoms with Crippen molar-refractivity contribution in [3.63, 3.8) is 0 Å². The third-order valence-corrected chi connectivity index (χ3v) is 7.26. The summed E-state index contributed by atoms with van der Waals surface area (Å²) in [6.07, 6.45) is 0.939. The van der Waals surface area contributed by atoms with E-state index < -0.39 is 48.7 Å². The van der Waals surface area contributed by atoms with E-state index in [1.54, 1.807) is 18.5 Å². The molecular weight excluding hydrogens is 563 g/mol. The van der Waals surface area contributed by atoms with E-state index in [2.05, 4.69) is 36.5 Å². The fourth-order valence-electron chi connectivity index (χ4n) is 4.25. The van der Waals surface area contributed by atoms with E-state index in [-0.39, 0.29) is 24.4 Å². The molecule has 4 rings (SSSR count). The van der Waals surface area contributed by atoms with E-state index >= 15 is 0 Å². The number of nitrogens with zero attached hydrogens (tertiary/aromatic N) is 3. The summed E-state index contributed by atoms with van der Waals surface area (Å²) < 4.78 is 48.3. The second-order valence-corrected chi connectivity index (χ2v) is 9.97. The van der Waals surface area contributed by atoms with Crippen LogP contribution in [0.25, 0.3) is 0 Å². The van der Waals surface area contributed by atoms with Crippen molar-refractivity contribution in [1.82, 2.24) is 20.5 Å². The second kappa shape index (κ2) is 10.7. The van der Waals surface area contributed by atoms with Crippen LogP contribution in [0.5, 0.6) is 0 Å². The number of amidine groups is 1. The highest BCUT2D eigenvalue weighted by Crippen LogP contribution is 2.38. The van der Waals surface area contributed by atoms with Gasteiger partial charge < -0.3 is 15.4 Å². The van der Waals surface area contributed by atoms with Crippen LogP contribution in [0.15, 0.2) is 50.5 Å². The number of halogens is 4. The fraction of sp³-hybridized carbons (Fsp3) is 0.391. The quantitative estimate of drug-likeness (QED) is 0.483. The molecule has 2 aliphatic heterocycles. The molecule has 0 aliphatic carbocycles. The molecule has 2 aromatic rings. The van der Waals surface area contributed by atoms with Crippen molar-refractivity contribution < 1.29 is 27.5 Å². The molecule has 0 saturated carbocycles. The van der Waals surface area contributed by atoms with E-state index in [0.717, 1.165) is 0 Å². The third-order valence-electron chi connectivity index (χ3n) is 5.79. The number of amides is 1. The first kappa shape index (κ1) is 26.3. The van der Waals surface area contributed by atoms with Gasteiger partial charge in [0, 0.05) is 41.8 Å². The average Bonchev–Trinajstić information content (AvgIpc) is 3.46. The van der Waals surface area contributed by atoms with Crippen molar-refractivity contribution >= 4 is 45.0 Å². The van der Waals surface area contributed by atoms with E-state index in [4.69, 9.17) is 4.74 Å². The minimum absolute atomic E-state index is 0.0681. The molecular formula is C23H23BrF3N5O3S. The number of thiazole rings is 1. The summed E-state index contributed by atoms with van der Waals surface area (Å²) in [5.41, 5.74) is 0.805. The lowest BCUT2D eigenvalue weighted by atomic mass is 9.95. The van der Waals surface area contributed by atoms with Crippen LogP contribution in [0.3, 0.4) is 0 Å². The van der Waals surface area contributed by atoms with Gasteiger partial charge in [0.2, 0.25) is 5.91 Å². The lowest BCUT2D eigenvalue weighted by molar-refractivity contribution is -0.139. The number of aromatic nitrogens is 1. The van der Waals surface area contributed by atoms with Gasteiger partial charge in [0.05, 0.1) is 24.8 Å². The standard InChI is InChI=1S/C23H23BrF3N5O3S/c1-3-35-22(34)17-15(10-32-11-23(26,27)9-16(32)20(33)28-2)30-19(21-29-6-7-36-21)31-18(17)13-5-4-12(25)8-14(13)24/h4-8,16,18H,3,9-11H2,1-2H3,(H,28,33)(H,30,31)/t16-,18-/m0/s1. The Bertz CT molecular complexity index is 1220. The number of hydrogen-bond acceptors (Lipinski definition) is 8. The molecule has 192 valence electrons. The molecule has 0 bridgehead atoms. The number of benzene rings is 1. The topological polar surface area (TPSA) is 95.9 Å². The predicted molar refractivity (Wildman–Crippen MR) is 131 cm³/mol. The molecule has 1 fully saturated rings. The molecule has 2 atom stereocenters. The highest BCUT2D eigenvalue weighted by Gasteiger charge is 2.48. The molecule has 0 spiro atoms. The molecule has 0 radical (unpaired) electrons. The maximum Gasteiger partial charge on any atom is 0.338 e. The largest absolute Gasteiger partial charge is 0.463 e. The second-order valence-electron chi connectivity index (χ2n) is 8.22. The fourth-order valence-corrected chi connectivity index (χ4v) is 5.40. The Hall–Kier alpha value is -2.77. The summed E-state index contributed by atoms with van der Waals surface area (Å²) in [7, 11) is 1.38. The van der Waals surface area contributed by atoms with Gasteiger partial charge in [-0.15, -0.1) is 11.3 Å². The highest BCUT2D eigenvalue weighted by atomic mass is 79.9. The Morgan fingerprint density at radius 2 is 2.17 bits per heavy atom. The van der Waals surface area contributed by atoms with Gasteiger partial charge in [-0.25, -0.2) is 22.9 Å². The molecule has 8 nitrogen and oxygen atoms in total. The van der Waals surface area contributed by atoms with Gasteiger partial charge in [0.1, 0.15) is 11.9 Å². The zero-order chi connectivity index (χ0) is 26.0. The first-order chi connectivity index (χ1) is 17.1. The smallest absolute Gasteiger partial charge is 0.338 e. The van der Waals surface area contributed by atoms with Crippen LogP contribution in [-0.2, 0) is 14.3 Å². The van der Waals surface area contributed by atoms with Crippen molar-refractivity contribution in [1.29, 1.82) is 0 Å². The molecule has 1 saturated heterocycles. The van der Waals surface area contributed by atoms with Crippen LogP contribution in [0, 0.1) is 5.82 Å². The number of carbonyl (C=O) groups is 2. The zero-order valence-corrected chi connectivity index (χ0v) is 21.8. The number of carbonyl (C=O) groups excluding carboxylic acids is 2. The molecule has 36 heavy (non-hydrogen) atoms. The van der Waals surface area contributed by atoms with Crippen LogP contribution in [-0.4, -0.2) is 66.3 Å². The van der Waals surface area contributed by atoms with Gasteiger partial charge in [-0.05, 0) is 24.6 Å². The summed E-state index contributed by atoms with van der Waals surface area (Å²) in [6.45, 7) is 0.866. The summed E-state index contributed by atoms with van der Waals surface area (Å²) in [5.74, 6) is -4.50. The van der Waals surface area contributed by atoms with Crippen LogP contribution >= 0.6 is 27.3 Å². The molecule has 1 aromatic carbocycles. The number of rotatable bonds is 7. The number of alkyl halides is 2. The molecule has 3 heterocycles. The Morgan fingerprint density at radius 3 is 2.81 bits per heavy atom. The van der Waals surface area contributed by atoms with E-state index in [9.17, 15) is 22.8 Å². The van der Waals surface area contributed by atoms with Gasteiger partial charge in [-0.1, -0.05) is 22.0 Å². The van der Waals surface area contributed by atoms with Gasteiger partial charge >= 0.3 is 5.97 Å². The number of likely N-dealkylation sites (tertiary alicyclic amines) is 1. The third kappa shape index (κ3) is 5.47. The molecule has 0 unspecified atom stereocenters. The normalized spacial score (nSPS) is 21.7. The molecule has 1 amide bonds. The minimum Gasteiger partial charge on any atom is -0.463 e. The van der Waals surface area contributed by atoms with Crippen molar-refractivity contribution in [3.8, 4) is 0 Å². The van der Waals surface area contributed by atoms with Crippen molar-refractivity contribution in [2.45, 2.75) is 31.4 Å². The average molecular weight is 586 g/mol. The van der Waals surface area contributed by atoms with Gasteiger partial charge in [-0.2, -0.15) is 0 Å². The Kier molecular flexibility index (Phi) is 7.81. The number of aliphatic imine (C=N–C) groups is 1. The first-order valence-corrected chi connectivity index (χ1v) is 12.7. The van der Waals surface area contributed by atoms with E-state index in [0.29, 0.717) is 20.9 Å². The maximum atomic E-state index is 14.4. The van der Waals surface area contributed by atoms with Crippen LogP contribution in [0.4, 0.5) is 13.2 Å². The lowest BCUT2D eigenvalue weighted by Gasteiger charge is -2.31. The van der Waals surface area contributed by atoms with E-state index in [1.807, 2.05) is 0 Å². The summed E-state index contributed by atoms with van der Waals surface area (Å²) in [6, 6.07) is 1.94. The SMILES string of the molecule is CCOC(=O)C1=C(CN2CC(F)(F)C[C@H]2C(=O)NC)NC(c2nccs2)=N[C@H]1c1ccc(F)cc1Br. The Labute approximate surface area is 217 Å². The van der Waals surface area contributed by atoms with Crippen LogP contribution < -0.4 is 10.6 Å². The van der Waals surface area contributed by atoms with Crippen molar-refractivity contribution in [2.24, 2.45) is 4.99 Å². The monoisotopic (exact) mass is 585 g/mol.